The lowest BCUT2D eigenvalue weighted by atomic mass is 9.84. The average molecular weight is 344 g/mol. The van der Waals surface area contributed by atoms with Crippen LogP contribution in [0, 0.1) is 11.8 Å². The van der Waals surface area contributed by atoms with Crippen molar-refractivity contribution in [2.24, 2.45) is 11.8 Å². The van der Waals surface area contributed by atoms with Crippen molar-refractivity contribution >= 4 is 11.8 Å². The molecule has 0 radical (unpaired) electrons. The number of carboxylic acid groups (broad SMARTS) is 1. The largest absolute Gasteiger partial charge is 0.481 e. The number of rotatable bonds is 8. The summed E-state index contributed by atoms with van der Waals surface area (Å²) in [6.07, 6.45) is 19.5. The third-order valence-electron chi connectivity index (χ3n) is 4.92. The van der Waals surface area contributed by atoms with Gasteiger partial charge >= 0.3 is 5.97 Å². The minimum atomic E-state index is -0.788. The molecule has 0 heterocycles. The molecule has 4 heteroatoms. The molecule has 1 saturated carbocycles. The first-order valence-corrected chi connectivity index (χ1v) is 9.25. The second-order valence-corrected chi connectivity index (χ2v) is 6.86. The molecule has 2 N–H and O–H groups in total. The summed E-state index contributed by atoms with van der Waals surface area (Å²) in [5.41, 5.74) is 0.696. The van der Waals surface area contributed by atoms with Crippen LogP contribution in [0.4, 0.5) is 0 Å². The highest BCUT2D eigenvalue weighted by Crippen LogP contribution is 2.28. The van der Waals surface area contributed by atoms with Gasteiger partial charge in [-0.3, -0.25) is 9.59 Å². The molecular weight excluding hydrogens is 316 g/mol. The van der Waals surface area contributed by atoms with Crippen LogP contribution >= 0.6 is 0 Å². The first-order chi connectivity index (χ1) is 12.1. The molecule has 1 fully saturated rings. The van der Waals surface area contributed by atoms with E-state index in [9.17, 15) is 14.7 Å². The molecule has 0 aromatic carbocycles. The zero-order valence-corrected chi connectivity index (χ0v) is 14.6. The number of ketones is 1. The smallest absolute Gasteiger partial charge is 0.303 e. The summed E-state index contributed by atoms with van der Waals surface area (Å²) in [6, 6.07) is 0. The Balaban J connectivity index is 1.87. The maximum atomic E-state index is 12.0. The molecule has 0 aromatic heterocycles. The van der Waals surface area contributed by atoms with Gasteiger partial charge in [-0.1, -0.05) is 55.7 Å². The molecule has 25 heavy (non-hydrogen) atoms. The van der Waals surface area contributed by atoms with Crippen LogP contribution in [0.15, 0.2) is 48.1 Å². The van der Waals surface area contributed by atoms with E-state index in [1.54, 1.807) is 12.2 Å². The predicted octanol–water partition coefficient (Wildman–Crippen LogP) is 3.98. The predicted molar refractivity (Wildman–Crippen MR) is 98.1 cm³/mol. The van der Waals surface area contributed by atoms with E-state index in [2.05, 4.69) is 0 Å². The van der Waals surface area contributed by atoms with Crippen molar-refractivity contribution in [3.63, 3.8) is 0 Å². The monoisotopic (exact) mass is 344 g/mol. The van der Waals surface area contributed by atoms with E-state index in [0.29, 0.717) is 24.3 Å². The Kier molecular flexibility index (Phi) is 7.86. The number of unbranched alkanes of at least 4 members (excludes halogenated alkanes) is 1. The third-order valence-corrected chi connectivity index (χ3v) is 4.92. The summed E-state index contributed by atoms with van der Waals surface area (Å²) in [6.45, 7) is 0. The van der Waals surface area contributed by atoms with Crippen molar-refractivity contribution in [1.82, 2.24) is 0 Å². The zero-order valence-electron chi connectivity index (χ0n) is 14.6. The fourth-order valence-corrected chi connectivity index (χ4v) is 3.42. The molecule has 2 aliphatic carbocycles. The van der Waals surface area contributed by atoms with E-state index in [1.165, 1.54) is 19.3 Å². The number of allylic oxidation sites excluding steroid dienone is 7. The molecule has 0 bridgehead atoms. The number of aliphatic hydroxyl groups is 1. The molecule has 4 nitrogen and oxygen atoms in total. The summed E-state index contributed by atoms with van der Waals surface area (Å²) >= 11 is 0. The Morgan fingerprint density at radius 3 is 2.76 bits per heavy atom. The Labute approximate surface area is 149 Å². The average Bonchev–Trinajstić information content (AvgIpc) is 2.96. The van der Waals surface area contributed by atoms with Gasteiger partial charge < -0.3 is 10.2 Å². The minimum absolute atomic E-state index is 0.00279. The molecule has 136 valence electrons. The van der Waals surface area contributed by atoms with Crippen molar-refractivity contribution in [2.75, 3.05) is 0 Å². The van der Waals surface area contributed by atoms with Gasteiger partial charge in [0.25, 0.3) is 0 Å². The highest BCUT2D eigenvalue weighted by molar-refractivity contribution is 6.07. The lowest BCUT2D eigenvalue weighted by Gasteiger charge is -2.24. The van der Waals surface area contributed by atoms with Gasteiger partial charge in [-0.05, 0) is 37.7 Å². The Morgan fingerprint density at radius 1 is 1.28 bits per heavy atom. The number of aliphatic carboxylic acids is 1. The molecule has 2 aliphatic rings. The van der Waals surface area contributed by atoms with Crippen LogP contribution in [0.1, 0.15) is 51.4 Å². The number of carbonyl (C=O) groups excluding carboxylic acids is 1. The minimum Gasteiger partial charge on any atom is -0.481 e. The van der Waals surface area contributed by atoms with Gasteiger partial charge in [0.2, 0.25) is 0 Å². The highest BCUT2D eigenvalue weighted by atomic mass is 16.4. The first-order valence-electron chi connectivity index (χ1n) is 9.25. The summed E-state index contributed by atoms with van der Waals surface area (Å²) in [5.74, 6) is -0.539. The summed E-state index contributed by atoms with van der Waals surface area (Å²) < 4.78 is 0. The number of aliphatic hydroxyl groups excluding tert-OH is 1. The van der Waals surface area contributed by atoms with Crippen LogP contribution < -0.4 is 0 Å². The van der Waals surface area contributed by atoms with Gasteiger partial charge in [0.15, 0.2) is 5.78 Å². The normalized spacial score (nSPS) is 24.8. The van der Waals surface area contributed by atoms with Crippen molar-refractivity contribution in [2.45, 2.75) is 57.5 Å². The van der Waals surface area contributed by atoms with Crippen LogP contribution in [-0.4, -0.2) is 28.1 Å². The fourth-order valence-electron chi connectivity index (χ4n) is 3.42. The van der Waals surface area contributed by atoms with Crippen molar-refractivity contribution in [1.29, 1.82) is 0 Å². The number of carbonyl (C=O) groups is 2. The van der Waals surface area contributed by atoms with E-state index in [4.69, 9.17) is 5.11 Å². The maximum Gasteiger partial charge on any atom is 0.303 e. The molecule has 2 atom stereocenters. The van der Waals surface area contributed by atoms with Crippen molar-refractivity contribution in [3.8, 4) is 0 Å². The molecule has 2 rings (SSSR count). The Bertz CT molecular complexity index is 577. The van der Waals surface area contributed by atoms with E-state index >= 15 is 0 Å². The SMILES string of the molecule is O=C(O)CCC/C=C/C=C1\C(=O)C=CC1/C=C/C(O)C1CCCCC1. The quantitative estimate of drug-likeness (QED) is 0.397. The second kappa shape index (κ2) is 10.1. The summed E-state index contributed by atoms with van der Waals surface area (Å²) in [5, 5.41) is 18.9. The van der Waals surface area contributed by atoms with E-state index in [-0.39, 0.29) is 18.1 Å². The van der Waals surface area contributed by atoms with Crippen LogP contribution in [0.3, 0.4) is 0 Å². The Morgan fingerprint density at radius 2 is 2.04 bits per heavy atom. The maximum absolute atomic E-state index is 12.0. The lowest BCUT2D eigenvalue weighted by Crippen LogP contribution is -2.20. The summed E-state index contributed by atoms with van der Waals surface area (Å²) in [4.78, 5) is 22.4. The Hall–Kier alpha value is -1.94. The standard InChI is InChI=1S/C21H28O4/c22-19(17-8-4-3-5-9-17)14-12-16-13-15-20(23)18(16)10-6-1-2-7-11-21(24)25/h1,6,10,12-17,19,22H,2-5,7-9,11H2,(H,24,25)/b6-1+,14-12+,18-10-. The molecule has 0 saturated heterocycles. The first kappa shape index (κ1) is 19.4. The van der Waals surface area contributed by atoms with Crippen LogP contribution in [0.5, 0.6) is 0 Å². The lowest BCUT2D eigenvalue weighted by molar-refractivity contribution is -0.137. The van der Waals surface area contributed by atoms with Gasteiger partial charge in [-0.2, -0.15) is 0 Å². The van der Waals surface area contributed by atoms with Crippen molar-refractivity contribution in [3.05, 3.63) is 48.1 Å². The van der Waals surface area contributed by atoms with Gasteiger partial charge in [0.05, 0.1) is 6.10 Å². The topological polar surface area (TPSA) is 74.6 Å². The van der Waals surface area contributed by atoms with Crippen molar-refractivity contribution < 1.29 is 19.8 Å². The second-order valence-electron chi connectivity index (χ2n) is 6.86. The van der Waals surface area contributed by atoms with Crippen LogP contribution in [0.2, 0.25) is 0 Å². The highest BCUT2D eigenvalue weighted by Gasteiger charge is 2.22. The number of carboxylic acids is 1. The van der Waals surface area contributed by atoms with Gasteiger partial charge in [-0.25, -0.2) is 0 Å². The van der Waals surface area contributed by atoms with E-state index in [0.717, 1.165) is 12.8 Å². The molecule has 2 unspecified atom stereocenters. The number of hydrogen-bond donors (Lipinski definition) is 2. The zero-order chi connectivity index (χ0) is 18.1. The van der Waals surface area contributed by atoms with Gasteiger partial charge in [0, 0.05) is 17.9 Å². The van der Waals surface area contributed by atoms with Crippen LogP contribution in [0.25, 0.3) is 0 Å². The molecule has 0 aromatic rings. The molecular formula is C21H28O4. The molecule has 0 spiro atoms. The van der Waals surface area contributed by atoms with Gasteiger partial charge in [-0.15, -0.1) is 0 Å². The summed E-state index contributed by atoms with van der Waals surface area (Å²) in [7, 11) is 0. The van der Waals surface area contributed by atoms with Gasteiger partial charge in [0.1, 0.15) is 0 Å². The number of hydrogen-bond acceptors (Lipinski definition) is 3. The van der Waals surface area contributed by atoms with E-state index < -0.39 is 12.1 Å². The van der Waals surface area contributed by atoms with Crippen LogP contribution in [-0.2, 0) is 9.59 Å². The van der Waals surface area contributed by atoms with E-state index in [1.807, 2.05) is 30.4 Å². The fraction of sp³-hybridized carbons (Fsp3) is 0.524. The molecule has 0 amide bonds. The third kappa shape index (κ3) is 6.46. The molecule has 0 aliphatic heterocycles.